The van der Waals surface area contributed by atoms with Crippen LogP contribution in [0.15, 0.2) is 29.2 Å². The molecule has 0 aliphatic heterocycles. The summed E-state index contributed by atoms with van der Waals surface area (Å²) < 4.78 is 13.3. The smallest absolute Gasteiger partial charge is 0.324 e. The van der Waals surface area contributed by atoms with E-state index in [4.69, 9.17) is 5.11 Å². The van der Waals surface area contributed by atoms with Crippen molar-refractivity contribution in [3.63, 3.8) is 0 Å². The topological polar surface area (TPSA) is 49.3 Å². The zero-order chi connectivity index (χ0) is 12.2. The summed E-state index contributed by atoms with van der Waals surface area (Å²) in [5.74, 6) is -1.00. The van der Waals surface area contributed by atoms with E-state index in [2.05, 4.69) is 5.32 Å². The summed E-state index contributed by atoms with van der Waals surface area (Å²) in [7, 11) is 1.58. The molecule has 5 heteroatoms. The Morgan fingerprint density at radius 3 is 2.69 bits per heavy atom. The van der Waals surface area contributed by atoms with Crippen molar-refractivity contribution in [1.29, 1.82) is 0 Å². The van der Waals surface area contributed by atoms with Crippen LogP contribution in [0.3, 0.4) is 0 Å². The highest BCUT2D eigenvalue weighted by Crippen LogP contribution is 2.25. The van der Waals surface area contributed by atoms with Crippen molar-refractivity contribution in [2.45, 2.75) is 17.4 Å². The molecule has 1 rings (SSSR count). The fraction of sp³-hybridized carbons (Fsp3) is 0.364. The zero-order valence-electron chi connectivity index (χ0n) is 9.16. The summed E-state index contributed by atoms with van der Waals surface area (Å²) >= 11 is 1.19. The van der Waals surface area contributed by atoms with Gasteiger partial charge in [0.05, 0.1) is 0 Å². The lowest BCUT2D eigenvalue weighted by atomic mass is 10.1. The van der Waals surface area contributed by atoms with Crippen molar-refractivity contribution in [3.05, 3.63) is 30.1 Å². The number of nitrogens with one attached hydrogen (secondary N) is 1. The van der Waals surface area contributed by atoms with Gasteiger partial charge in [0.1, 0.15) is 11.4 Å². The summed E-state index contributed by atoms with van der Waals surface area (Å²) in [5, 5.41) is 11.7. The van der Waals surface area contributed by atoms with Crippen LogP contribution in [0.4, 0.5) is 4.39 Å². The minimum absolute atomic E-state index is 0.264. The maximum atomic E-state index is 13.3. The number of likely N-dealkylation sites (N-methyl/N-ethyl adjacent to an activating group) is 1. The van der Waals surface area contributed by atoms with Gasteiger partial charge in [0.15, 0.2) is 0 Å². The van der Waals surface area contributed by atoms with E-state index in [-0.39, 0.29) is 11.6 Å². The molecule has 1 aromatic carbocycles. The number of thioether (sulfide) groups is 1. The van der Waals surface area contributed by atoms with Crippen molar-refractivity contribution in [3.8, 4) is 0 Å². The lowest BCUT2D eigenvalue weighted by Crippen LogP contribution is -2.49. The normalized spacial score (nSPS) is 14.4. The molecule has 0 aliphatic carbocycles. The second-order valence-corrected chi connectivity index (χ2v) is 4.62. The average molecular weight is 243 g/mol. The minimum Gasteiger partial charge on any atom is -0.480 e. The first kappa shape index (κ1) is 13.0. The van der Waals surface area contributed by atoms with Crippen LogP contribution in [0.1, 0.15) is 6.92 Å². The predicted octanol–water partition coefficient (Wildman–Crippen LogP) is 1.98. The van der Waals surface area contributed by atoms with Crippen molar-refractivity contribution in [2.24, 2.45) is 0 Å². The molecule has 0 aromatic heterocycles. The number of carbonyl (C=O) groups is 1. The number of aliphatic carboxylic acids is 1. The second-order valence-electron chi connectivity index (χ2n) is 3.61. The summed E-state index contributed by atoms with van der Waals surface area (Å²) in [6.45, 7) is 1.57. The van der Waals surface area contributed by atoms with Gasteiger partial charge >= 0.3 is 5.97 Å². The summed E-state index contributed by atoms with van der Waals surface area (Å²) in [6.07, 6.45) is 0. The lowest BCUT2D eigenvalue weighted by molar-refractivity contribution is -0.142. The van der Waals surface area contributed by atoms with Crippen molar-refractivity contribution in [1.82, 2.24) is 5.32 Å². The third-order valence-electron chi connectivity index (χ3n) is 2.38. The van der Waals surface area contributed by atoms with Gasteiger partial charge in [-0.2, -0.15) is 0 Å². The Morgan fingerprint density at radius 1 is 1.56 bits per heavy atom. The molecule has 1 unspecified atom stereocenters. The summed E-state index contributed by atoms with van der Waals surface area (Å²) in [6, 6.07) is 6.33. The first-order valence-corrected chi connectivity index (χ1v) is 5.78. The largest absolute Gasteiger partial charge is 0.480 e. The SMILES string of the molecule is CNC(C)(CSc1ccccc1F)C(=O)O. The van der Waals surface area contributed by atoms with E-state index in [9.17, 15) is 9.18 Å². The van der Waals surface area contributed by atoms with Gasteiger partial charge in [0.25, 0.3) is 0 Å². The molecule has 0 heterocycles. The van der Waals surface area contributed by atoms with E-state index in [1.54, 1.807) is 32.2 Å². The fourth-order valence-corrected chi connectivity index (χ4v) is 2.12. The van der Waals surface area contributed by atoms with Crippen LogP contribution in [-0.2, 0) is 4.79 Å². The molecule has 3 nitrogen and oxygen atoms in total. The van der Waals surface area contributed by atoms with Crippen molar-refractivity contribution in [2.75, 3.05) is 12.8 Å². The molecule has 0 spiro atoms. The minimum atomic E-state index is -1.05. The Kier molecular flexibility index (Phi) is 4.32. The molecule has 16 heavy (non-hydrogen) atoms. The third kappa shape index (κ3) is 2.96. The molecule has 0 amide bonds. The number of halogens is 1. The quantitative estimate of drug-likeness (QED) is 0.776. The molecular weight excluding hydrogens is 229 g/mol. The van der Waals surface area contributed by atoms with Crippen molar-refractivity contribution >= 4 is 17.7 Å². The first-order valence-electron chi connectivity index (χ1n) is 4.79. The van der Waals surface area contributed by atoms with Crippen LogP contribution >= 0.6 is 11.8 Å². The van der Waals surface area contributed by atoms with Crippen molar-refractivity contribution < 1.29 is 14.3 Å². The fourth-order valence-electron chi connectivity index (χ4n) is 1.02. The summed E-state index contributed by atoms with van der Waals surface area (Å²) in [4.78, 5) is 11.5. The van der Waals surface area contributed by atoms with Gasteiger partial charge < -0.3 is 10.4 Å². The Morgan fingerprint density at radius 2 is 2.19 bits per heavy atom. The van der Waals surface area contributed by atoms with E-state index in [0.717, 1.165) is 0 Å². The second kappa shape index (κ2) is 5.32. The number of carboxylic acids is 1. The van der Waals surface area contributed by atoms with Crippen LogP contribution in [0, 0.1) is 5.82 Å². The van der Waals surface area contributed by atoms with Gasteiger partial charge in [0, 0.05) is 10.6 Å². The molecular formula is C11H14FNO2S. The molecule has 0 bridgehead atoms. The highest BCUT2D eigenvalue weighted by molar-refractivity contribution is 7.99. The molecule has 1 aromatic rings. The van der Waals surface area contributed by atoms with Crippen LogP contribution in [0.2, 0.25) is 0 Å². The molecule has 0 aliphatic rings. The molecule has 2 N–H and O–H groups in total. The first-order chi connectivity index (χ1) is 7.49. The Hall–Kier alpha value is -1.07. The number of hydrogen-bond donors (Lipinski definition) is 2. The van der Waals surface area contributed by atoms with Gasteiger partial charge in [-0.3, -0.25) is 4.79 Å². The number of carboxylic acid groups (broad SMARTS) is 1. The number of rotatable bonds is 5. The zero-order valence-corrected chi connectivity index (χ0v) is 9.97. The highest BCUT2D eigenvalue weighted by Gasteiger charge is 2.31. The molecule has 0 saturated heterocycles. The van der Waals surface area contributed by atoms with E-state index >= 15 is 0 Å². The maximum Gasteiger partial charge on any atom is 0.324 e. The van der Waals surface area contributed by atoms with E-state index in [1.165, 1.54) is 17.8 Å². The molecule has 88 valence electrons. The molecule has 1 atom stereocenters. The summed E-state index contributed by atoms with van der Waals surface area (Å²) in [5.41, 5.74) is -1.05. The monoisotopic (exact) mass is 243 g/mol. The van der Waals surface area contributed by atoms with Gasteiger partial charge in [-0.1, -0.05) is 12.1 Å². The molecule has 0 fully saturated rings. The average Bonchev–Trinajstić information content (AvgIpc) is 2.27. The van der Waals surface area contributed by atoms with E-state index in [0.29, 0.717) is 4.90 Å². The lowest BCUT2D eigenvalue weighted by Gasteiger charge is -2.23. The standard InChI is InChI=1S/C11H14FNO2S/c1-11(13-2,10(14)15)7-16-9-6-4-3-5-8(9)12/h3-6,13H,7H2,1-2H3,(H,14,15). The van der Waals surface area contributed by atoms with Gasteiger partial charge in [0.2, 0.25) is 0 Å². The van der Waals surface area contributed by atoms with Crippen LogP contribution in [0.5, 0.6) is 0 Å². The molecule has 0 radical (unpaired) electrons. The van der Waals surface area contributed by atoms with Gasteiger partial charge in [-0.15, -0.1) is 11.8 Å². The van der Waals surface area contributed by atoms with Crippen LogP contribution in [0.25, 0.3) is 0 Å². The third-order valence-corrected chi connectivity index (χ3v) is 3.74. The van der Waals surface area contributed by atoms with Crippen LogP contribution < -0.4 is 5.32 Å². The van der Waals surface area contributed by atoms with Gasteiger partial charge in [-0.25, -0.2) is 4.39 Å². The van der Waals surface area contributed by atoms with Gasteiger partial charge in [-0.05, 0) is 26.1 Å². The maximum absolute atomic E-state index is 13.3. The Bertz CT molecular complexity index is 386. The highest BCUT2D eigenvalue weighted by atomic mass is 32.2. The Labute approximate surface area is 98.1 Å². The molecule has 0 saturated carbocycles. The number of hydrogen-bond acceptors (Lipinski definition) is 3. The van der Waals surface area contributed by atoms with E-state index in [1.807, 2.05) is 0 Å². The Balaban J connectivity index is 2.71. The van der Waals surface area contributed by atoms with E-state index < -0.39 is 11.5 Å². The predicted molar refractivity (Wildman–Crippen MR) is 62.2 cm³/mol. The number of benzene rings is 1. The van der Waals surface area contributed by atoms with Crippen LogP contribution in [-0.4, -0.2) is 29.4 Å².